The van der Waals surface area contributed by atoms with E-state index >= 15 is 0 Å². The summed E-state index contributed by atoms with van der Waals surface area (Å²) in [6.45, 7) is 2.39. The van der Waals surface area contributed by atoms with Gasteiger partial charge in [-0.3, -0.25) is 14.2 Å². The van der Waals surface area contributed by atoms with Crippen molar-refractivity contribution in [3.05, 3.63) is 63.1 Å². The number of nitrogens with zero attached hydrogens (tertiary/aromatic N) is 2. The second kappa shape index (κ2) is 9.82. The number of benzene rings is 2. The molecule has 1 N–H and O–H groups in total. The van der Waals surface area contributed by atoms with Crippen molar-refractivity contribution in [3.63, 3.8) is 0 Å². The lowest BCUT2D eigenvalue weighted by molar-refractivity contribution is -0.134. The molecular formula is C21H21Cl2N3O4. The van der Waals surface area contributed by atoms with Crippen LogP contribution in [0.2, 0.25) is 10.0 Å². The normalized spacial score (nSPS) is 10.9. The predicted molar refractivity (Wildman–Crippen MR) is 117 cm³/mol. The van der Waals surface area contributed by atoms with Crippen LogP contribution in [0, 0.1) is 0 Å². The Morgan fingerprint density at radius 1 is 1.10 bits per heavy atom. The first kappa shape index (κ1) is 21.9. The van der Waals surface area contributed by atoms with Crippen LogP contribution >= 0.6 is 23.2 Å². The summed E-state index contributed by atoms with van der Waals surface area (Å²) >= 11 is 12.1. The highest BCUT2D eigenvalue weighted by Crippen LogP contribution is 2.29. The highest BCUT2D eigenvalue weighted by molar-refractivity contribution is 6.39. The first-order valence-electron chi connectivity index (χ1n) is 9.50. The summed E-state index contributed by atoms with van der Waals surface area (Å²) in [5.74, 6) is -1.03. The molecule has 3 aromatic rings. The number of amides is 2. The summed E-state index contributed by atoms with van der Waals surface area (Å²) < 4.78 is 6.70. The largest absolute Gasteiger partial charge is 0.419 e. The van der Waals surface area contributed by atoms with Crippen LogP contribution in [0.3, 0.4) is 0 Å². The molecule has 0 bridgehead atoms. The molecule has 9 heteroatoms. The van der Waals surface area contributed by atoms with Gasteiger partial charge in [0, 0.05) is 19.5 Å². The zero-order valence-corrected chi connectivity index (χ0v) is 17.9. The van der Waals surface area contributed by atoms with Crippen molar-refractivity contribution in [3.8, 4) is 0 Å². The molecule has 7 nitrogen and oxygen atoms in total. The fourth-order valence-corrected chi connectivity index (χ4v) is 3.61. The first-order chi connectivity index (χ1) is 14.4. The Morgan fingerprint density at radius 2 is 1.80 bits per heavy atom. The Labute approximate surface area is 183 Å². The van der Waals surface area contributed by atoms with E-state index in [9.17, 15) is 14.4 Å². The van der Waals surface area contributed by atoms with Crippen LogP contribution in [0.25, 0.3) is 11.1 Å². The van der Waals surface area contributed by atoms with Crippen molar-refractivity contribution in [1.82, 2.24) is 9.47 Å². The second-order valence-electron chi connectivity index (χ2n) is 6.64. The zero-order valence-electron chi connectivity index (χ0n) is 16.4. The van der Waals surface area contributed by atoms with Gasteiger partial charge in [0.15, 0.2) is 5.58 Å². The molecular weight excluding hydrogens is 429 g/mol. The molecule has 3 rings (SSSR count). The van der Waals surface area contributed by atoms with E-state index in [0.717, 1.165) is 0 Å². The summed E-state index contributed by atoms with van der Waals surface area (Å²) in [5, 5.41) is 3.29. The Balaban J connectivity index is 1.56. The first-order valence-corrected chi connectivity index (χ1v) is 10.3. The van der Waals surface area contributed by atoms with Gasteiger partial charge in [0.05, 0.1) is 27.8 Å². The molecule has 0 saturated carbocycles. The summed E-state index contributed by atoms with van der Waals surface area (Å²) in [6, 6.07) is 12.0. The standard InChI is InChI=1S/C21H21Cl2N3O4/c1-2-25(13-18(27)24-20-14(22)7-5-8-15(20)23)19(28)11-6-12-26-16-9-3-4-10-17(16)30-21(26)29/h3-5,7-10H,2,6,11-13H2,1H3,(H,24,27). The van der Waals surface area contributed by atoms with E-state index in [4.69, 9.17) is 27.6 Å². The van der Waals surface area contributed by atoms with Crippen LogP contribution < -0.4 is 11.1 Å². The fourth-order valence-electron chi connectivity index (χ4n) is 3.12. The van der Waals surface area contributed by atoms with E-state index in [-0.39, 0.29) is 18.9 Å². The molecule has 0 unspecified atom stereocenters. The molecule has 0 saturated heterocycles. The van der Waals surface area contributed by atoms with Gasteiger partial charge < -0.3 is 14.6 Å². The van der Waals surface area contributed by atoms with Gasteiger partial charge in [0.25, 0.3) is 0 Å². The SMILES string of the molecule is CCN(CC(=O)Nc1c(Cl)cccc1Cl)C(=O)CCCn1c(=O)oc2ccccc21. The average molecular weight is 450 g/mol. The third kappa shape index (κ3) is 5.04. The summed E-state index contributed by atoms with van der Waals surface area (Å²) in [7, 11) is 0. The minimum absolute atomic E-state index is 0.120. The van der Waals surface area contributed by atoms with E-state index in [2.05, 4.69) is 5.32 Å². The fraction of sp³-hybridized carbons (Fsp3) is 0.286. The third-order valence-electron chi connectivity index (χ3n) is 4.64. The molecule has 1 heterocycles. The van der Waals surface area contributed by atoms with E-state index < -0.39 is 11.7 Å². The van der Waals surface area contributed by atoms with Gasteiger partial charge in [-0.25, -0.2) is 4.79 Å². The zero-order chi connectivity index (χ0) is 21.7. The number of aryl methyl sites for hydroxylation is 1. The van der Waals surface area contributed by atoms with Crippen molar-refractivity contribution in [1.29, 1.82) is 0 Å². The summed E-state index contributed by atoms with van der Waals surface area (Å²) in [5.41, 5.74) is 1.53. The Kier molecular flexibility index (Phi) is 7.18. The number of halogens is 2. The number of fused-ring (bicyclic) bond motifs is 1. The van der Waals surface area contributed by atoms with Crippen molar-refractivity contribution < 1.29 is 14.0 Å². The van der Waals surface area contributed by atoms with Gasteiger partial charge in [0.2, 0.25) is 11.8 Å². The van der Waals surface area contributed by atoms with Gasteiger partial charge in [-0.1, -0.05) is 41.4 Å². The van der Waals surface area contributed by atoms with Crippen LogP contribution in [0.15, 0.2) is 51.7 Å². The smallest absolute Gasteiger partial charge is 0.408 e. The van der Waals surface area contributed by atoms with Crippen LogP contribution in [-0.4, -0.2) is 34.4 Å². The van der Waals surface area contributed by atoms with Crippen LogP contribution in [0.1, 0.15) is 19.8 Å². The number of carbonyl (C=O) groups excluding carboxylic acids is 2. The second-order valence-corrected chi connectivity index (χ2v) is 7.46. The van der Waals surface area contributed by atoms with Gasteiger partial charge in [-0.05, 0) is 37.6 Å². The molecule has 1 aromatic heterocycles. The minimum atomic E-state index is -0.452. The van der Waals surface area contributed by atoms with E-state index in [1.165, 1.54) is 9.47 Å². The Hall–Kier alpha value is -2.77. The van der Waals surface area contributed by atoms with Gasteiger partial charge in [0.1, 0.15) is 0 Å². The maximum absolute atomic E-state index is 12.6. The molecule has 0 fully saturated rings. The van der Waals surface area contributed by atoms with Crippen LogP contribution in [-0.2, 0) is 16.1 Å². The highest BCUT2D eigenvalue weighted by Gasteiger charge is 2.17. The predicted octanol–water partition coefficient (Wildman–Crippen LogP) is 4.17. The van der Waals surface area contributed by atoms with Crippen molar-refractivity contribution >= 4 is 51.8 Å². The number of hydrogen-bond acceptors (Lipinski definition) is 4. The third-order valence-corrected chi connectivity index (χ3v) is 5.27. The minimum Gasteiger partial charge on any atom is -0.408 e. The number of nitrogens with one attached hydrogen (secondary N) is 1. The number of rotatable bonds is 8. The van der Waals surface area contributed by atoms with Crippen LogP contribution in [0.4, 0.5) is 5.69 Å². The number of hydrogen-bond donors (Lipinski definition) is 1. The molecule has 2 amide bonds. The van der Waals surface area contributed by atoms with Crippen molar-refractivity contribution in [2.24, 2.45) is 0 Å². The molecule has 2 aromatic carbocycles. The lowest BCUT2D eigenvalue weighted by Crippen LogP contribution is -2.38. The maximum Gasteiger partial charge on any atom is 0.419 e. The molecule has 158 valence electrons. The number of carbonyl (C=O) groups is 2. The van der Waals surface area contributed by atoms with Crippen molar-refractivity contribution in [2.45, 2.75) is 26.3 Å². The topological polar surface area (TPSA) is 84.5 Å². The molecule has 0 aliphatic heterocycles. The monoisotopic (exact) mass is 449 g/mol. The number of para-hydroxylation sites is 3. The summed E-state index contributed by atoms with van der Waals surface area (Å²) in [6.07, 6.45) is 0.636. The summed E-state index contributed by atoms with van der Waals surface area (Å²) in [4.78, 5) is 38.4. The number of oxazole rings is 1. The number of anilines is 1. The molecule has 0 radical (unpaired) electrons. The Bertz CT molecular complexity index is 1100. The molecule has 0 spiro atoms. The van der Waals surface area contributed by atoms with E-state index in [0.29, 0.717) is 46.3 Å². The quantitative estimate of drug-likeness (QED) is 0.559. The van der Waals surface area contributed by atoms with Gasteiger partial charge in [-0.2, -0.15) is 0 Å². The highest BCUT2D eigenvalue weighted by atomic mass is 35.5. The maximum atomic E-state index is 12.6. The number of likely N-dealkylation sites (N-methyl/N-ethyl adjacent to an activating group) is 1. The molecule has 0 aliphatic rings. The average Bonchev–Trinajstić information content (AvgIpc) is 3.04. The Morgan fingerprint density at radius 3 is 2.50 bits per heavy atom. The van der Waals surface area contributed by atoms with Gasteiger partial charge in [-0.15, -0.1) is 0 Å². The lowest BCUT2D eigenvalue weighted by atomic mass is 10.2. The molecule has 0 aliphatic carbocycles. The van der Waals surface area contributed by atoms with E-state index in [1.54, 1.807) is 43.3 Å². The lowest BCUT2D eigenvalue weighted by Gasteiger charge is -2.21. The van der Waals surface area contributed by atoms with Crippen molar-refractivity contribution in [2.75, 3.05) is 18.4 Å². The van der Waals surface area contributed by atoms with E-state index in [1.807, 2.05) is 6.07 Å². The molecule has 0 atom stereocenters. The van der Waals surface area contributed by atoms with Crippen LogP contribution in [0.5, 0.6) is 0 Å². The van der Waals surface area contributed by atoms with Gasteiger partial charge >= 0.3 is 5.76 Å². The molecule has 30 heavy (non-hydrogen) atoms. The number of aromatic nitrogens is 1.